The Hall–Kier alpha value is -3.12. The van der Waals surface area contributed by atoms with Crippen molar-refractivity contribution in [2.75, 3.05) is 13.7 Å². The Morgan fingerprint density at radius 1 is 1.19 bits per heavy atom. The number of amides is 1. The highest BCUT2D eigenvalue weighted by Gasteiger charge is 2.67. The molecule has 6 nitrogen and oxygen atoms in total. The Bertz CT molecular complexity index is 1020. The van der Waals surface area contributed by atoms with E-state index in [9.17, 15) is 9.59 Å². The number of carbonyl (C=O) groups is 2. The first kappa shape index (κ1) is 19.8. The molecule has 0 radical (unpaired) electrons. The molecule has 2 aromatic rings. The van der Waals surface area contributed by atoms with Gasteiger partial charge in [-0.15, -0.1) is 0 Å². The number of esters is 1. The minimum Gasteiger partial charge on any atom is -0.497 e. The van der Waals surface area contributed by atoms with Gasteiger partial charge in [0.25, 0.3) is 0 Å². The number of carbonyl (C=O) groups excluding carboxylic acids is 2. The Morgan fingerprint density at radius 3 is 2.65 bits per heavy atom. The first-order valence-corrected chi connectivity index (χ1v) is 10.5. The molecule has 1 amide bonds. The van der Waals surface area contributed by atoms with Crippen molar-refractivity contribution >= 4 is 11.9 Å². The molecular weight excluding hydrogens is 394 g/mol. The number of hydrogen-bond acceptors (Lipinski definition) is 5. The number of rotatable bonds is 6. The monoisotopic (exact) mass is 419 g/mol. The number of fused-ring (bicyclic) bond motifs is 1. The maximum atomic E-state index is 13.5. The third kappa shape index (κ3) is 3.22. The minimum atomic E-state index is -0.751. The van der Waals surface area contributed by atoms with Crippen molar-refractivity contribution in [3.63, 3.8) is 0 Å². The summed E-state index contributed by atoms with van der Waals surface area (Å²) in [5.74, 6) is -0.833. The van der Waals surface area contributed by atoms with Crippen LogP contribution in [0.2, 0.25) is 0 Å². The molecule has 3 aliphatic heterocycles. The van der Waals surface area contributed by atoms with E-state index in [0.717, 1.165) is 16.9 Å². The van der Waals surface area contributed by atoms with Crippen molar-refractivity contribution in [3.8, 4) is 5.75 Å². The highest BCUT2D eigenvalue weighted by molar-refractivity contribution is 5.91. The quantitative estimate of drug-likeness (QED) is 0.531. The van der Waals surface area contributed by atoms with E-state index in [1.807, 2.05) is 78.6 Å². The van der Waals surface area contributed by atoms with Gasteiger partial charge in [0.1, 0.15) is 23.9 Å². The normalized spacial score (nSPS) is 29.2. The fraction of sp³-hybridized carbons (Fsp3) is 0.360. The van der Waals surface area contributed by atoms with E-state index in [2.05, 4.69) is 0 Å². The Labute approximate surface area is 181 Å². The third-order valence-corrected chi connectivity index (χ3v) is 6.69. The van der Waals surface area contributed by atoms with E-state index in [0.29, 0.717) is 6.54 Å². The summed E-state index contributed by atoms with van der Waals surface area (Å²) in [5.41, 5.74) is 1.17. The van der Waals surface area contributed by atoms with Crippen LogP contribution >= 0.6 is 0 Å². The van der Waals surface area contributed by atoms with Crippen LogP contribution in [0.15, 0.2) is 66.7 Å². The highest BCUT2D eigenvalue weighted by Crippen LogP contribution is 2.53. The summed E-state index contributed by atoms with van der Waals surface area (Å²) >= 11 is 0. The van der Waals surface area contributed by atoms with E-state index in [-0.39, 0.29) is 24.5 Å². The van der Waals surface area contributed by atoms with E-state index in [4.69, 9.17) is 14.2 Å². The third-order valence-electron chi connectivity index (χ3n) is 6.69. The molecule has 1 spiro atoms. The van der Waals surface area contributed by atoms with Gasteiger partial charge in [-0.05, 0) is 30.2 Å². The molecule has 0 N–H and O–H groups in total. The van der Waals surface area contributed by atoms with E-state index in [1.54, 1.807) is 7.11 Å². The lowest BCUT2D eigenvalue weighted by molar-refractivity contribution is -0.155. The molecule has 2 bridgehead atoms. The SMILES string of the molecule is COc1ccc([C@H](C)N2C[C@@]34C=C[C@@H](O3)[C@H](C(=O)OCc3ccccc3)[C@@H]4C2=O)cc1. The van der Waals surface area contributed by atoms with Crippen molar-refractivity contribution in [1.82, 2.24) is 4.90 Å². The molecule has 31 heavy (non-hydrogen) atoms. The lowest BCUT2D eigenvalue weighted by Gasteiger charge is -2.27. The van der Waals surface area contributed by atoms with Crippen LogP contribution in [-0.4, -0.2) is 42.1 Å². The van der Waals surface area contributed by atoms with Gasteiger partial charge in [0.05, 0.1) is 31.7 Å². The second kappa shape index (κ2) is 7.54. The summed E-state index contributed by atoms with van der Waals surface area (Å²) in [7, 11) is 1.62. The predicted octanol–water partition coefficient (Wildman–Crippen LogP) is 3.28. The van der Waals surface area contributed by atoms with Crippen molar-refractivity contribution in [1.29, 1.82) is 0 Å². The van der Waals surface area contributed by atoms with E-state index >= 15 is 0 Å². The number of likely N-dealkylation sites (tertiary alicyclic amines) is 1. The van der Waals surface area contributed by atoms with Gasteiger partial charge in [-0.1, -0.05) is 54.6 Å². The van der Waals surface area contributed by atoms with E-state index in [1.165, 1.54) is 0 Å². The van der Waals surface area contributed by atoms with Crippen molar-refractivity contribution < 1.29 is 23.8 Å². The van der Waals surface area contributed by atoms with Gasteiger partial charge >= 0.3 is 5.97 Å². The Morgan fingerprint density at radius 2 is 1.94 bits per heavy atom. The zero-order chi connectivity index (χ0) is 21.6. The lowest BCUT2D eigenvalue weighted by Crippen LogP contribution is -2.40. The average Bonchev–Trinajstić information content (AvgIpc) is 3.46. The smallest absolute Gasteiger partial charge is 0.313 e. The van der Waals surface area contributed by atoms with Gasteiger partial charge in [-0.2, -0.15) is 0 Å². The topological polar surface area (TPSA) is 65.1 Å². The molecule has 3 aliphatic rings. The van der Waals surface area contributed by atoms with Crippen LogP contribution in [-0.2, 0) is 25.7 Å². The van der Waals surface area contributed by atoms with Crippen LogP contribution in [0.4, 0.5) is 0 Å². The fourth-order valence-electron chi connectivity index (χ4n) is 5.01. The second-order valence-corrected chi connectivity index (χ2v) is 8.41. The van der Waals surface area contributed by atoms with Gasteiger partial charge in [0.15, 0.2) is 0 Å². The van der Waals surface area contributed by atoms with Gasteiger partial charge in [0, 0.05) is 0 Å². The molecule has 2 aromatic carbocycles. The molecule has 3 heterocycles. The molecule has 5 rings (SSSR count). The van der Waals surface area contributed by atoms with Crippen LogP contribution in [0.25, 0.3) is 0 Å². The molecule has 0 saturated carbocycles. The van der Waals surface area contributed by atoms with Gasteiger partial charge in [-0.3, -0.25) is 9.59 Å². The zero-order valence-electron chi connectivity index (χ0n) is 17.6. The number of methoxy groups -OCH3 is 1. The largest absolute Gasteiger partial charge is 0.497 e. The van der Waals surface area contributed by atoms with Crippen molar-refractivity contribution in [2.24, 2.45) is 11.8 Å². The molecule has 2 saturated heterocycles. The predicted molar refractivity (Wildman–Crippen MR) is 113 cm³/mol. The van der Waals surface area contributed by atoms with Gasteiger partial charge in [0.2, 0.25) is 5.91 Å². The number of benzene rings is 2. The first-order valence-electron chi connectivity index (χ1n) is 10.5. The summed E-state index contributed by atoms with van der Waals surface area (Å²) < 4.78 is 17.0. The maximum absolute atomic E-state index is 13.5. The summed E-state index contributed by atoms with van der Waals surface area (Å²) in [6.07, 6.45) is 3.46. The number of ether oxygens (including phenoxy) is 3. The van der Waals surface area contributed by atoms with Crippen LogP contribution in [0.5, 0.6) is 5.75 Å². The number of hydrogen-bond donors (Lipinski definition) is 0. The molecule has 160 valence electrons. The lowest BCUT2D eigenvalue weighted by atomic mass is 9.77. The summed E-state index contributed by atoms with van der Waals surface area (Å²) in [6.45, 7) is 2.61. The molecule has 5 atom stereocenters. The zero-order valence-corrected chi connectivity index (χ0v) is 17.6. The Kier molecular flexibility index (Phi) is 4.82. The average molecular weight is 419 g/mol. The van der Waals surface area contributed by atoms with Crippen LogP contribution in [0.3, 0.4) is 0 Å². The highest BCUT2D eigenvalue weighted by atomic mass is 16.6. The van der Waals surface area contributed by atoms with E-state index < -0.39 is 23.5 Å². The Balaban J connectivity index is 1.34. The van der Waals surface area contributed by atoms with Crippen molar-refractivity contribution in [2.45, 2.75) is 31.3 Å². The molecular formula is C25H25NO5. The van der Waals surface area contributed by atoms with Crippen molar-refractivity contribution in [3.05, 3.63) is 77.9 Å². The van der Waals surface area contributed by atoms with Gasteiger partial charge in [-0.25, -0.2) is 0 Å². The van der Waals surface area contributed by atoms with Crippen LogP contribution < -0.4 is 4.74 Å². The van der Waals surface area contributed by atoms with Crippen LogP contribution in [0, 0.1) is 11.8 Å². The summed E-state index contributed by atoms with van der Waals surface area (Å²) in [6, 6.07) is 17.1. The fourth-order valence-corrected chi connectivity index (χ4v) is 5.01. The maximum Gasteiger partial charge on any atom is 0.313 e. The first-order chi connectivity index (χ1) is 15.0. The number of nitrogens with zero attached hydrogens (tertiary/aromatic N) is 1. The second-order valence-electron chi connectivity index (χ2n) is 8.41. The summed E-state index contributed by atoms with van der Waals surface area (Å²) in [5, 5.41) is 0. The molecule has 6 heteroatoms. The standard InChI is InChI=1S/C25H25NO5/c1-16(18-8-10-19(29-2)11-9-18)26-15-25-13-12-20(31-25)21(22(25)23(26)27)24(28)30-14-17-6-4-3-5-7-17/h3-13,16,20-22H,14-15H2,1-2H3/t16-,20+,21-,22+,25+/m0/s1. The molecule has 0 aromatic heterocycles. The molecule has 0 aliphatic carbocycles. The van der Waals surface area contributed by atoms with Crippen LogP contribution in [0.1, 0.15) is 24.1 Å². The molecule has 2 fully saturated rings. The minimum absolute atomic E-state index is 0.0585. The summed E-state index contributed by atoms with van der Waals surface area (Å²) in [4.78, 5) is 28.3. The molecule has 0 unspecified atom stereocenters. The van der Waals surface area contributed by atoms with Gasteiger partial charge < -0.3 is 19.1 Å².